The molecular formula is C18H12Cl2N4O3S. The van der Waals surface area contributed by atoms with E-state index in [2.05, 4.69) is 15.3 Å². The first-order valence-corrected chi connectivity index (χ1v) is 9.19. The van der Waals surface area contributed by atoms with Gasteiger partial charge in [0.05, 0.1) is 22.5 Å². The van der Waals surface area contributed by atoms with Gasteiger partial charge in [-0.3, -0.25) is 0 Å². The Labute approximate surface area is 174 Å². The summed E-state index contributed by atoms with van der Waals surface area (Å²) >= 11 is 17.1. The van der Waals surface area contributed by atoms with E-state index < -0.39 is 0 Å². The summed E-state index contributed by atoms with van der Waals surface area (Å²) in [7, 11) is 0. The second kappa shape index (κ2) is 8.05. The fraction of sp³-hybridized carbons (Fsp3) is 0.0556. The monoisotopic (exact) mass is 434 g/mol. The largest absolute Gasteiger partial charge is 0.486 e. The van der Waals surface area contributed by atoms with E-state index in [1.54, 1.807) is 48.7 Å². The molecule has 0 aliphatic rings. The summed E-state index contributed by atoms with van der Waals surface area (Å²) < 4.78 is 18.5. The number of aromatic amines is 1. The van der Waals surface area contributed by atoms with Crippen LogP contribution in [0.2, 0.25) is 10.0 Å². The summed E-state index contributed by atoms with van der Waals surface area (Å²) in [5.74, 6) is 2.74. The predicted octanol–water partition coefficient (Wildman–Crippen LogP) is 5.56. The number of hydrogen-bond donors (Lipinski definition) is 1. The van der Waals surface area contributed by atoms with Gasteiger partial charge in [-0.25, -0.2) is 5.10 Å². The Morgan fingerprint density at radius 1 is 1.21 bits per heavy atom. The van der Waals surface area contributed by atoms with E-state index in [1.807, 2.05) is 0 Å². The van der Waals surface area contributed by atoms with Gasteiger partial charge in [-0.1, -0.05) is 23.2 Å². The minimum absolute atomic E-state index is 0.231. The number of nitrogens with zero attached hydrogens (tertiary/aromatic N) is 3. The molecule has 1 aromatic carbocycles. The van der Waals surface area contributed by atoms with Crippen molar-refractivity contribution in [3.63, 3.8) is 0 Å². The summed E-state index contributed by atoms with van der Waals surface area (Å²) in [6.07, 6.45) is 3.08. The van der Waals surface area contributed by atoms with Gasteiger partial charge in [-0.05, 0) is 48.6 Å². The summed E-state index contributed by atoms with van der Waals surface area (Å²) in [5.41, 5.74) is 0. The third-order valence-corrected chi connectivity index (χ3v) is 4.65. The van der Waals surface area contributed by atoms with Crippen molar-refractivity contribution in [1.82, 2.24) is 14.9 Å². The third-order valence-electron chi connectivity index (χ3n) is 3.65. The van der Waals surface area contributed by atoms with E-state index in [9.17, 15) is 0 Å². The molecule has 0 atom stereocenters. The Kier molecular flexibility index (Phi) is 5.34. The van der Waals surface area contributed by atoms with Gasteiger partial charge < -0.3 is 13.6 Å². The Balaban J connectivity index is 1.46. The first-order chi connectivity index (χ1) is 13.6. The standard InChI is InChI=1S/C18H12Cl2N4O3S/c19-14-6-5-11(8-15(14)20)26-10-13-4-3-12(27-13)9-21-24-17(22-23-18(24)28)16-2-1-7-25-16/h1-9H,10H2,(H,23,28)/b21-9+. The highest BCUT2D eigenvalue weighted by molar-refractivity contribution is 7.71. The van der Waals surface area contributed by atoms with Crippen LogP contribution in [0.4, 0.5) is 0 Å². The highest BCUT2D eigenvalue weighted by Crippen LogP contribution is 2.27. The van der Waals surface area contributed by atoms with Crippen LogP contribution in [0, 0.1) is 4.77 Å². The normalized spacial score (nSPS) is 11.4. The molecule has 4 aromatic rings. The van der Waals surface area contributed by atoms with Gasteiger partial charge in [0.25, 0.3) is 0 Å². The van der Waals surface area contributed by atoms with Gasteiger partial charge in [0.15, 0.2) is 5.76 Å². The number of halogens is 2. The zero-order valence-corrected chi connectivity index (χ0v) is 16.5. The number of rotatable bonds is 6. The molecule has 10 heteroatoms. The second-order valence-corrected chi connectivity index (χ2v) is 6.76. The maximum absolute atomic E-state index is 5.97. The number of benzene rings is 1. The highest BCUT2D eigenvalue weighted by Gasteiger charge is 2.10. The van der Waals surface area contributed by atoms with Gasteiger partial charge in [-0.15, -0.1) is 5.10 Å². The Morgan fingerprint density at radius 2 is 2.11 bits per heavy atom. The van der Waals surface area contributed by atoms with Crippen LogP contribution in [-0.2, 0) is 6.61 Å². The SMILES string of the molecule is S=c1[nH]nc(-c2ccco2)n1/N=C/c1ccc(COc2ccc(Cl)c(Cl)c2)o1. The minimum Gasteiger partial charge on any atom is -0.486 e. The molecule has 0 saturated heterocycles. The number of hydrogen-bond acceptors (Lipinski definition) is 6. The van der Waals surface area contributed by atoms with Gasteiger partial charge in [0, 0.05) is 6.07 Å². The van der Waals surface area contributed by atoms with Crippen molar-refractivity contribution in [2.24, 2.45) is 5.10 Å². The smallest absolute Gasteiger partial charge is 0.219 e. The van der Waals surface area contributed by atoms with E-state index in [-0.39, 0.29) is 6.61 Å². The minimum atomic E-state index is 0.231. The topological polar surface area (TPSA) is 81.5 Å². The highest BCUT2D eigenvalue weighted by atomic mass is 35.5. The zero-order valence-electron chi connectivity index (χ0n) is 14.1. The molecule has 0 saturated carbocycles. The summed E-state index contributed by atoms with van der Waals surface area (Å²) in [4.78, 5) is 0. The van der Waals surface area contributed by atoms with Crippen molar-refractivity contribution in [1.29, 1.82) is 0 Å². The predicted molar refractivity (Wildman–Crippen MR) is 108 cm³/mol. The number of aromatic nitrogens is 3. The van der Waals surface area contributed by atoms with E-state index >= 15 is 0 Å². The molecule has 0 unspecified atom stereocenters. The van der Waals surface area contributed by atoms with Crippen molar-refractivity contribution >= 4 is 41.6 Å². The lowest BCUT2D eigenvalue weighted by Crippen LogP contribution is -1.94. The van der Waals surface area contributed by atoms with Crippen molar-refractivity contribution in [3.8, 4) is 17.3 Å². The zero-order chi connectivity index (χ0) is 19.5. The van der Waals surface area contributed by atoms with Crippen LogP contribution in [0.1, 0.15) is 11.5 Å². The van der Waals surface area contributed by atoms with E-state index in [4.69, 9.17) is 49.0 Å². The molecule has 7 nitrogen and oxygen atoms in total. The molecule has 0 amide bonds. The Morgan fingerprint density at radius 3 is 2.89 bits per heavy atom. The molecule has 142 valence electrons. The number of H-pyrrole nitrogens is 1. The molecule has 3 aromatic heterocycles. The van der Waals surface area contributed by atoms with E-state index in [0.29, 0.717) is 43.7 Å². The van der Waals surface area contributed by atoms with Crippen LogP contribution in [-0.4, -0.2) is 21.1 Å². The molecule has 0 radical (unpaired) electrons. The quantitative estimate of drug-likeness (QED) is 0.317. The molecule has 28 heavy (non-hydrogen) atoms. The van der Waals surface area contributed by atoms with Crippen LogP contribution >= 0.6 is 35.4 Å². The molecule has 0 aliphatic heterocycles. The lowest BCUT2D eigenvalue weighted by Gasteiger charge is -2.05. The van der Waals surface area contributed by atoms with Crippen LogP contribution in [0.3, 0.4) is 0 Å². The molecule has 0 bridgehead atoms. The van der Waals surface area contributed by atoms with Crippen LogP contribution < -0.4 is 4.74 Å². The lowest BCUT2D eigenvalue weighted by molar-refractivity contribution is 0.270. The number of furan rings is 2. The molecule has 0 fully saturated rings. The number of nitrogens with one attached hydrogen (secondary N) is 1. The van der Waals surface area contributed by atoms with Crippen molar-refractivity contribution in [2.75, 3.05) is 0 Å². The van der Waals surface area contributed by atoms with Crippen molar-refractivity contribution in [2.45, 2.75) is 6.61 Å². The summed E-state index contributed by atoms with van der Waals surface area (Å²) in [5, 5.41) is 12.0. The third kappa shape index (κ3) is 4.04. The maximum Gasteiger partial charge on any atom is 0.219 e. The van der Waals surface area contributed by atoms with Crippen molar-refractivity contribution < 1.29 is 13.6 Å². The summed E-state index contributed by atoms with van der Waals surface area (Å²) in [6.45, 7) is 0.231. The molecule has 1 N–H and O–H groups in total. The summed E-state index contributed by atoms with van der Waals surface area (Å²) in [6, 6.07) is 12.1. The Bertz CT molecular complexity index is 1180. The molecule has 3 heterocycles. The molecule has 0 spiro atoms. The van der Waals surface area contributed by atoms with Crippen molar-refractivity contribution in [3.05, 3.63) is 75.1 Å². The average Bonchev–Trinajstić information content (AvgIpc) is 3.42. The van der Waals surface area contributed by atoms with E-state index in [0.717, 1.165) is 0 Å². The average molecular weight is 435 g/mol. The van der Waals surface area contributed by atoms with Gasteiger partial charge in [0.1, 0.15) is 23.9 Å². The first kappa shape index (κ1) is 18.5. The fourth-order valence-corrected chi connectivity index (χ4v) is 2.81. The van der Waals surface area contributed by atoms with Gasteiger partial charge in [-0.2, -0.15) is 9.78 Å². The van der Waals surface area contributed by atoms with E-state index in [1.165, 1.54) is 10.9 Å². The molecular weight excluding hydrogens is 423 g/mol. The first-order valence-electron chi connectivity index (χ1n) is 8.02. The van der Waals surface area contributed by atoms with Gasteiger partial charge >= 0.3 is 0 Å². The second-order valence-electron chi connectivity index (χ2n) is 5.55. The van der Waals surface area contributed by atoms with Gasteiger partial charge in [0.2, 0.25) is 10.6 Å². The molecule has 4 rings (SSSR count). The Hall–Kier alpha value is -2.81. The van der Waals surface area contributed by atoms with Crippen LogP contribution in [0.5, 0.6) is 5.75 Å². The molecule has 0 aliphatic carbocycles. The lowest BCUT2D eigenvalue weighted by atomic mass is 10.3. The maximum atomic E-state index is 5.97. The number of ether oxygens (including phenoxy) is 1. The fourth-order valence-electron chi connectivity index (χ4n) is 2.34. The van der Waals surface area contributed by atoms with Crippen LogP contribution in [0.25, 0.3) is 11.6 Å². The van der Waals surface area contributed by atoms with Crippen LogP contribution in [0.15, 0.2) is 62.7 Å².